The number of nitrogens with one attached hydrogen (secondary N) is 1. The number of hydrogen-bond acceptors (Lipinski definition) is 3. The summed E-state index contributed by atoms with van der Waals surface area (Å²) in [4.78, 5) is 24.4. The van der Waals surface area contributed by atoms with E-state index in [9.17, 15) is 9.59 Å². The molecule has 0 radical (unpaired) electrons. The SMILES string of the molecule is Nc1ccccc1NC(=O)CCCCCCC(=O)c1ccc(-c2ccccc2)cc1. The number of Topliss-reactive ketones (excluding diaryl/α,β-unsaturated/α-hetero) is 1. The average molecular weight is 401 g/mol. The predicted molar refractivity (Wildman–Crippen MR) is 123 cm³/mol. The number of carbonyl (C=O) groups is 2. The third-order valence-electron chi connectivity index (χ3n) is 5.11. The maximum absolute atomic E-state index is 12.4. The summed E-state index contributed by atoms with van der Waals surface area (Å²) in [5.41, 5.74) is 10.1. The highest BCUT2D eigenvalue weighted by Gasteiger charge is 2.07. The molecule has 3 aromatic rings. The van der Waals surface area contributed by atoms with Crippen molar-refractivity contribution in [3.63, 3.8) is 0 Å². The van der Waals surface area contributed by atoms with Crippen molar-refractivity contribution in [2.45, 2.75) is 38.5 Å². The van der Waals surface area contributed by atoms with Gasteiger partial charge in [0.15, 0.2) is 5.78 Å². The molecule has 0 heterocycles. The zero-order valence-electron chi connectivity index (χ0n) is 17.1. The number of amides is 1. The third kappa shape index (κ3) is 6.31. The number of unbranched alkanes of at least 4 members (excludes halogenated alkanes) is 3. The van der Waals surface area contributed by atoms with E-state index in [-0.39, 0.29) is 11.7 Å². The minimum atomic E-state index is -0.0255. The van der Waals surface area contributed by atoms with Crippen molar-refractivity contribution in [3.8, 4) is 11.1 Å². The molecule has 0 aliphatic rings. The van der Waals surface area contributed by atoms with Crippen LogP contribution in [0.4, 0.5) is 11.4 Å². The van der Waals surface area contributed by atoms with Crippen LogP contribution in [0.1, 0.15) is 48.9 Å². The molecule has 154 valence electrons. The van der Waals surface area contributed by atoms with Crippen LogP contribution in [0.3, 0.4) is 0 Å². The van der Waals surface area contributed by atoms with Crippen LogP contribution >= 0.6 is 0 Å². The van der Waals surface area contributed by atoms with E-state index in [4.69, 9.17) is 5.73 Å². The second kappa shape index (κ2) is 11.0. The number of hydrogen-bond donors (Lipinski definition) is 2. The normalized spacial score (nSPS) is 10.5. The van der Waals surface area contributed by atoms with Gasteiger partial charge in [-0.3, -0.25) is 9.59 Å². The van der Waals surface area contributed by atoms with Gasteiger partial charge in [0, 0.05) is 18.4 Å². The molecule has 3 N–H and O–H groups in total. The monoisotopic (exact) mass is 400 g/mol. The van der Waals surface area contributed by atoms with Gasteiger partial charge in [0.05, 0.1) is 11.4 Å². The molecule has 0 saturated carbocycles. The Kier molecular flexibility index (Phi) is 7.78. The highest BCUT2D eigenvalue weighted by atomic mass is 16.1. The van der Waals surface area contributed by atoms with Gasteiger partial charge in [-0.05, 0) is 36.1 Å². The Morgan fingerprint density at radius 3 is 1.97 bits per heavy atom. The Hall–Kier alpha value is -3.40. The topological polar surface area (TPSA) is 72.2 Å². The zero-order chi connectivity index (χ0) is 21.2. The minimum Gasteiger partial charge on any atom is -0.397 e. The van der Waals surface area contributed by atoms with Gasteiger partial charge < -0.3 is 11.1 Å². The average Bonchev–Trinajstić information content (AvgIpc) is 2.78. The smallest absolute Gasteiger partial charge is 0.224 e. The van der Waals surface area contributed by atoms with Crippen molar-refractivity contribution in [2.75, 3.05) is 11.1 Å². The summed E-state index contributed by atoms with van der Waals surface area (Å²) in [5, 5.41) is 2.84. The van der Waals surface area contributed by atoms with E-state index in [1.807, 2.05) is 54.6 Å². The number of rotatable bonds is 10. The molecule has 3 rings (SSSR count). The molecule has 0 aliphatic carbocycles. The summed E-state index contributed by atoms with van der Waals surface area (Å²) in [6.07, 6.45) is 4.51. The predicted octanol–water partition coefficient (Wildman–Crippen LogP) is 6.10. The standard InChI is InChI=1S/C26H28N2O2/c27-23-12-8-9-13-24(23)28-26(30)15-7-2-1-6-14-25(29)22-18-16-21(17-19-22)20-10-4-3-5-11-20/h3-5,8-13,16-19H,1-2,6-7,14-15,27H2,(H,28,30). The summed E-state index contributed by atoms with van der Waals surface area (Å²) in [5.74, 6) is 0.148. The molecule has 0 unspecified atom stereocenters. The van der Waals surface area contributed by atoms with Crippen LogP contribution in [0.25, 0.3) is 11.1 Å². The number of ketones is 1. The van der Waals surface area contributed by atoms with E-state index < -0.39 is 0 Å². The molecule has 0 aliphatic heterocycles. The first-order chi connectivity index (χ1) is 14.6. The molecule has 4 heteroatoms. The first kappa shape index (κ1) is 21.3. The summed E-state index contributed by atoms with van der Waals surface area (Å²) >= 11 is 0. The maximum atomic E-state index is 12.4. The number of nitrogens with two attached hydrogens (primary N) is 1. The first-order valence-electron chi connectivity index (χ1n) is 10.5. The number of carbonyl (C=O) groups excluding carboxylic acids is 2. The summed E-state index contributed by atoms with van der Waals surface area (Å²) < 4.78 is 0. The fourth-order valence-corrected chi connectivity index (χ4v) is 3.37. The molecule has 0 aromatic heterocycles. The zero-order valence-corrected chi connectivity index (χ0v) is 17.1. The van der Waals surface area contributed by atoms with Crippen LogP contribution in [0, 0.1) is 0 Å². The number of nitrogen functional groups attached to an aromatic ring is 1. The fraction of sp³-hybridized carbons (Fsp3) is 0.231. The van der Waals surface area contributed by atoms with Gasteiger partial charge in [0.25, 0.3) is 0 Å². The molecule has 30 heavy (non-hydrogen) atoms. The Balaban J connectivity index is 1.33. The van der Waals surface area contributed by atoms with Crippen molar-refractivity contribution < 1.29 is 9.59 Å². The number of para-hydroxylation sites is 2. The molecule has 0 spiro atoms. The van der Waals surface area contributed by atoms with Gasteiger partial charge in [0.2, 0.25) is 5.91 Å². The third-order valence-corrected chi connectivity index (χ3v) is 5.11. The summed E-state index contributed by atoms with van der Waals surface area (Å²) in [6.45, 7) is 0. The summed E-state index contributed by atoms with van der Waals surface area (Å²) in [7, 11) is 0. The second-order valence-corrected chi connectivity index (χ2v) is 7.42. The largest absolute Gasteiger partial charge is 0.397 e. The lowest BCUT2D eigenvalue weighted by Crippen LogP contribution is -2.12. The second-order valence-electron chi connectivity index (χ2n) is 7.42. The van der Waals surface area contributed by atoms with Crippen molar-refractivity contribution in [3.05, 3.63) is 84.4 Å². The van der Waals surface area contributed by atoms with Crippen LogP contribution in [-0.2, 0) is 4.79 Å². The Labute approximate surface area is 178 Å². The minimum absolute atomic E-state index is 0.0255. The van der Waals surface area contributed by atoms with Gasteiger partial charge in [-0.1, -0.05) is 79.6 Å². The first-order valence-corrected chi connectivity index (χ1v) is 10.5. The maximum Gasteiger partial charge on any atom is 0.224 e. The van der Waals surface area contributed by atoms with Gasteiger partial charge in [0.1, 0.15) is 0 Å². The van der Waals surface area contributed by atoms with Crippen LogP contribution in [0.2, 0.25) is 0 Å². The Bertz CT molecular complexity index is 966. The lowest BCUT2D eigenvalue weighted by Gasteiger charge is -2.07. The van der Waals surface area contributed by atoms with Gasteiger partial charge in [-0.2, -0.15) is 0 Å². The van der Waals surface area contributed by atoms with E-state index in [0.717, 1.165) is 42.4 Å². The van der Waals surface area contributed by atoms with E-state index in [0.29, 0.717) is 24.2 Å². The van der Waals surface area contributed by atoms with Gasteiger partial charge in [-0.25, -0.2) is 0 Å². The van der Waals surface area contributed by atoms with E-state index in [1.54, 1.807) is 12.1 Å². The Morgan fingerprint density at radius 2 is 1.27 bits per heavy atom. The fourth-order valence-electron chi connectivity index (χ4n) is 3.37. The lowest BCUT2D eigenvalue weighted by atomic mass is 10.00. The highest BCUT2D eigenvalue weighted by Crippen LogP contribution is 2.20. The lowest BCUT2D eigenvalue weighted by molar-refractivity contribution is -0.116. The van der Waals surface area contributed by atoms with E-state index in [2.05, 4.69) is 17.4 Å². The molecular weight excluding hydrogens is 372 g/mol. The van der Waals surface area contributed by atoms with Crippen LogP contribution in [-0.4, -0.2) is 11.7 Å². The van der Waals surface area contributed by atoms with Crippen LogP contribution in [0.15, 0.2) is 78.9 Å². The quantitative estimate of drug-likeness (QED) is 0.245. The van der Waals surface area contributed by atoms with Gasteiger partial charge >= 0.3 is 0 Å². The molecule has 3 aromatic carbocycles. The molecular formula is C26H28N2O2. The molecule has 4 nitrogen and oxygen atoms in total. The number of anilines is 2. The van der Waals surface area contributed by atoms with Crippen molar-refractivity contribution in [1.29, 1.82) is 0 Å². The highest BCUT2D eigenvalue weighted by molar-refractivity contribution is 5.96. The summed E-state index contributed by atoms with van der Waals surface area (Å²) in [6, 6.07) is 25.2. The molecule has 0 atom stereocenters. The van der Waals surface area contributed by atoms with Gasteiger partial charge in [-0.15, -0.1) is 0 Å². The van der Waals surface area contributed by atoms with E-state index in [1.165, 1.54) is 0 Å². The molecule has 0 bridgehead atoms. The van der Waals surface area contributed by atoms with E-state index >= 15 is 0 Å². The van der Waals surface area contributed by atoms with Crippen molar-refractivity contribution in [2.24, 2.45) is 0 Å². The van der Waals surface area contributed by atoms with Crippen molar-refractivity contribution >= 4 is 23.1 Å². The molecule has 0 fully saturated rings. The van der Waals surface area contributed by atoms with Crippen LogP contribution in [0.5, 0.6) is 0 Å². The Morgan fingerprint density at radius 1 is 0.667 bits per heavy atom. The number of benzene rings is 3. The van der Waals surface area contributed by atoms with Crippen LogP contribution < -0.4 is 11.1 Å². The molecule has 0 saturated heterocycles. The molecule has 1 amide bonds. The van der Waals surface area contributed by atoms with Crippen molar-refractivity contribution in [1.82, 2.24) is 0 Å².